The number of phenols is 1. The summed E-state index contributed by atoms with van der Waals surface area (Å²) in [6, 6.07) is 7.57. The van der Waals surface area contributed by atoms with Crippen LogP contribution in [0.2, 0.25) is 0 Å². The molecule has 1 saturated heterocycles. The predicted octanol–water partition coefficient (Wildman–Crippen LogP) is 2.85. The number of phenolic OH excluding ortho intramolecular Hbond substituents is 1. The van der Waals surface area contributed by atoms with Crippen molar-refractivity contribution in [3.05, 3.63) is 24.3 Å². The van der Waals surface area contributed by atoms with Crippen molar-refractivity contribution < 1.29 is 9.90 Å². The molecule has 1 heterocycles. The Morgan fingerprint density at radius 3 is 2.32 bits per heavy atom. The number of piperazine rings is 1. The number of nitrogens with one attached hydrogen (secondary N) is 1. The van der Waals surface area contributed by atoms with E-state index in [-0.39, 0.29) is 11.9 Å². The van der Waals surface area contributed by atoms with Crippen molar-refractivity contribution in [2.24, 2.45) is 5.92 Å². The van der Waals surface area contributed by atoms with Crippen LogP contribution in [0, 0.1) is 5.92 Å². The molecule has 5 nitrogen and oxygen atoms in total. The van der Waals surface area contributed by atoms with E-state index in [2.05, 4.69) is 35.9 Å². The van der Waals surface area contributed by atoms with Crippen LogP contribution in [0.15, 0.2) is 24.3 Å². The summed E-state index contributed by atoms with van der Waals surface area (Å²) in [4.78, 5) is 16.7. The fraction of sp³-hybridized carbons (Fsp3) is 0.650. The number of hydrogen-bond donors (Lipinski definition) is 2. The van der Waals surface area contributed by atoms with Crippen molar-refractivity contribution in [2.45, 2.75) is 46.1 Å². The molecule has 1 aliphatic heterocycles. The van der Waals surface area contributed by atoms with Crippen LogP contribution in [-0.2, 0) is 4.79 Å². The number of rotatable bonds is 8. The zero-order chi connectivity index (χ0) is 18.2. The summed E-state index contributed by atoms with van der Waals surface area (Å²) >= 11 is 0. The minimum absolute atomic E-state index is 0.134. The zero-order valence-electron chi connectivity index (χ0n) is 15.9. The second-order valence-electron chi connectivity index (χ2n) is 7.57. The van der Waals surface area contributed by atoms with Crippen LogP contribution in [0.1, 0.15) is 40.0 Å². The Balaban J connectivity index is 1.67. The van der Waals surface area contributed by atoms with Gasteiger partial charge in [0.1, 0.15) is 5.75 Å². The van der Waals surface area contributed by atoms with Crippen molar-refractivity contribution in [1.82, 2.24) is 10.2 Å². The lowest BCUT2D eigenvalue weighted by Gasteiger charge is -2.35. The first-order valence-corrected chi connectivity index (χ1v) is 9.49. The highest BCUT2D eigenvalue weighted by Crippen LogP contribution is 2.19. The Morgan fingerprint density at radius 1 is 1.08 bits per heavy atom. The molecule has 1 aromatic rings. The summed E-state index contributed by atoms with van der Waals surface area (Å²) in [5, 5.41) is 12.5. The van der Waals surface area contributed by atoms with Crippen LogP contribution < -0.4 is 10.2 Å². The lowest BCUT2D eigenvalue weighted by Crippen LogP contribution is -2.50. The predicted molar refractivity (Wildman–Crippen MR) is 103 cm³/mol. The summed E-state index contributed by atoms with van der Waals surface area (Å²) in [5.41, 5.74) is 1.13. The van der Waals surface area contributed by atoms with Gasteiger partial charge in [-0.05, 0) is 43.5 Å². The first-order valence-electron chi connectivity index (χ1n) is 9.49. The van der Waals surface area contributed by atoms with E-state index in [4.69, 9.17) is 0 Å². The number of carbonyl (C=O) groups is 1. The van der Waals surface area contributed by atoms with Gasteiger partial charge in [-0.2, -0.15) is 0 Å². The Morgan fingerprint density at radius 2 is 1.72 bits per heavy atom. The molecule has 0 radical (unpaired) electrons. The van der Waals surface area contributed by atoms with Gasteiger partial charge in [-0.15, -0.1) is 0 Å². The van der Waals surface area contributed by atoms with Gasteiger partial charge in [-0.3, -0.25) is 9.69 Å². The smallest absolute Gasteiger partial charge is 0.234 e. The maximum Gasteiger partial charge on any atom is 0.234 e. The number of hydrogen-bond acceptors (Lipinski definition) is 4. The molecule has 25 heavy (non-hydrogen) atoms. The Labute approximate surface area is 152 Å². The van der Waals surface area contributed by atoms with Crippen molar-refractivity contribution in [3.8, 4) is 5.75 Å². The molecule has 1 amide bonds. The van der Waals surface area contributed by atoms with Crippen LogP contribution >= 0.6 is 0 Å². The van der Waals surface area contributed by atoms with Gasteiger partial charge in [0.25, 0.3) is 0 Å². The van der Waals surface area contributed by atoms with E-state index >= 15 is 0 Å². The third-order valence-electron chi connectivity index (χ3n) is 4.78. The number of nitrogens with zero attached hydrogens (tertiary/aromatic N) is 2. The van der Waals surface area contributed by atoms with E-state index < -0.39 is 0 Å². The van der Waals surface area contributed by atoms with Crippen LogP contribution in [0.3, 0.4) is 0 Å². The molecule has 0 aliphatic carbocycles. The molecule has 1 atom stereocenters. The number of carbonyl (C=O) groups excluding carboxylic acids is 1. The third-order valence-corrected chi connectivity index (χ3v) is 4.78. The fourth-order valence-electron chi connectivity index (χ4n) is 3.26. The van der Waals surface area contributed by atoms with Crippen LogP contribution in [0.4, 0.5) is 5.69 Å². The van der Waals surface area contributed by atoms with Crippen LogP contribution in [-0.4, -0.2) is 54.7 Å². The van der Waals surface area contributed by atoms with Crippen molar-refractivity contribution >= 4 is 11.6 Å². The summed E-state index contributed by atoms with van der Waals surface area (Å²) in [7, 11) is 0. The quantitative estimate of drug-likeness (QED) is 0.759. The molecule has 2 rings (SSSR count). The summed E-state index contributed by atoms with van der Waals surface area (Å²) in [6.07, 6.45) is 3.45. The van der Waals surface area contributed by atoms with Gasteiger partial charge in [-0.25, -0.2) is 0 Å². The zero-order valence-corrected chi connectivity index (χ0v) is 15.9. The van der Waals surface area contributed by atoms with Gasteiger partial charge < -0.3 is 15.3 Å². The van der Waals surface area contributed by atoms with Crippen molar-refractivity contribution in [2.75, 3.05) is 37.6 Å². The molecule has 0 bridgehead atoms. The Kier molecular flexibility index (Phi) is 7.56. The minimum atomic E-state index is 0.134. The molecule has 1 fully saturated rings. The highest BCUT2D eigenvalue weighted by atomic mass is 16.3. The molecule has 2 N–H and O–H groups in total. The SMILES string of the molecule is CC(C)CCC[C@H](C)NC(=O)CN1CCN(c2ccc(O)cc2)CC1. The average Bonchev–Trinajstić information content (AvgIpc) is 2.56. The van der Waals surface area contributed by atoms with Crippen molar-refractivity contribution in [1.29, 1.82) is 0 Å². The van der Waals surface area contributed by atoms with Gasteiger partial charge in [-0.1, -0.05) is 26.7 Å². The van der Waals surface area contributed by atoms with E-state index in [1.165, 1.54) is 12.8 Å². The average molecular weight is 348 g/mol. The lowest BCUT2D eigenvalue weighted by atomic mass is 10.0. The van der Waals surface area contributed by atoms with Gasteiger partial charge in [0.15, 0.2) is 0 Å². The number of aromatic hydroxyl groups is 1. The van der Waals surface area contributed by atoms with Crippen molar-refractivity contribution in [3.63, 3.8) is 0 Å². The highest BCUT2D eigenvalue weighted by Gasteiger charge is 2.19. The minimum Gasteiger partial charge on any atom is -0.508 e. The lowest BCUT2D eigenvalue weighted by molar-refractivity contribution is -0.123. The molecule has 5 heteroatoms. The van der Waals surface area contributed by atoms with Gasteiger partial charge >= 0.3 is 0 Å². The Bertz CT molecular complexity index is 522. The van der Waals surface area contributed by atoms with E-state index in [0.29, 0.717) is 12.3 Å². The monoisotopic (exact) mass is 347 g/mol. The highest BCUT2D eigenvalue weighted by molar-refractivity contribution is 5.78. The van der Waals surface area contributed by atoms with E-state index in [1.807, 2.05) is 12.1 Å². The third kappa shape index (κ3) is 6.94. The maximum atomic E-state index is 12.2. The number of benzene rings is 1. The first kappa shape index (κ1) is 19.6. The van der Waals surface area contributed by atoms with E-state index in [0.717, 1.165) is 44.2 Å². The van der Waals surface area contributed by atoms with E-state index in [9.17, 15) is 9.90 Å². The molecular formula is C20H33N3O2. The van der Waals surface area contributed by atoms with Gasteiger partial charge in [0.2, 0.25) is 5.91 Å². The maximum absolute atomic E-state index is 12.2. The number of anilines is 1. The molecule has 1 aromatic carbocycles. The standard InChI is InChI=1S/C20H33N3O2/c1-16(2)5-4-6-17(3)21-20(25)15-22-11-13-23(14-12-22)18-7-9-19(24)10-8-18/h7-10,16-17,24H,4-6,11-15H2,1-3H3,(H,21,25)/t17-/m0/s1. The summed E-state index contributed by atoms with van der Waals surface area (Å²) in [6.45, 7) is 10.6. The molecule has 1 aliphatic rings. The van der Waals surface area contributed by atoms with Crippen LogP contribution in [0.5, 0.6) is 5.75 Å². The largest absolute Gasteiger partial charge is 0.508 e. The van der Waals surface area contributed by atoms with Crippen LogP contribution in [0.25, 0.3) is 0 Å². The molecule has 140 valence electrons. The second kappa shape index (κ2) is 9.66. The number of amides is 1. The topological polar surface area (TPSA) is 55.8 Å². The summed E-state index contributed by atoms with van der Waals surface area (Å²) < 4.78 is 0. The normalized spacial score (nSPS) is 16.9. The summed E-state index contributed by atoms with van der Waals surface area (Å²) in [5.74, 6) is 1.16. The molecule has 0 spiro atoms. The van der Waals surface area contributed by atoms with Gasteiger partial charge in [0, 0.05) is 37.9 Å². The van der Waals surface area contributed by atoms with Gasteiger partial charge in [0.05, 0.1) is 6.54 Å². The second-order valence-corrected chi connectivity index (χ2v) is 7.57. The first-order chi connectivity index (χ1) is 11.9. The van der Waals surface area contributed by atoms with E-state index in [1.54, 1.807) is 12.1 Å². The molecule has 0 unspecified atom stereocenters. The molecule has 0 aromatic heterocycles. The molecular weight excluding hydrogens is 314 g/mol. The Hall–Kier alpha value is -1.75. The molecule has 0 saturated carbocycles. The fourth-order valence-corrected chi connectivity index (χ4v) is 3.26.